The second-order valence-electron chi connectivity index (χ2n) is 5.46. The van der Waals surface area contributed by atoms with E-state index in [1.807, 2.05) is 30.9 Å². The number of benzene rings is 1. The highest BCUT2D eigenvalue weighted by molar-refractivity contribution is 6.04. The molecule has 24 heavy (non-hydrogen) atoms. The monoisotopic (exact) mass is 333 g/mol. The van der Waals surface area contributed by atoms with Crippen LogP contribution in [0.25, 0.3) is 5.70 Å². The van der Waals surface area contributed by atoms with Crippen molar-refractivity contribution in [3.05, 3.63) is 41.0 Å². The molecule has 2 rings (SSSR count). The van der Waals surface area contributed by atoms with Crippen LogP contribution in [0.2, 0.25) is 0 Å². The SMILES string of the molecule is CCN(CC)C1=C(C(=O)OC)[C@@H](C(=O)OC)[C@@H](O)c2ccccc21. The van der Waals surface area contributed by atoms with Gasteiger partial charge in [-0.2, -0.15) is 0 Å². The average molecular weight is 333 g/mol. The number of hydrogen-bond donors (Lipinski definition) is 1. The Hall–Kier alpha value is -2.34. The van der Waals surface area contributed by atoms with Gasteiger partial charge in [-0.3, -0.25) is 4.79 Å². The zero-order valence-electron chi connectivity index (χ0n) is 14.4. The molecule has 2 atom stereocenters. The Kier molecular flexibility index (Phi) is 5.62. The molecule has 0 aliphatic heterocycles. The van der Waals surface area contributed by atoms with Crippen LogP contribution in [-0.2, 0) is 19.1 Å². The predicted octanol–water partition coefficient (Wildman–Crippen LogP) is 1.75. The first-order valence-electron chi connectivity index (χ1n) is 7.94. The maximum atomic E-state index is 12.5. The first-order chi connectivity index (χ1) is 11.5. The summed E-state index contributed by atoms with van der Waals surface area (Å²) in [6.45, 7) is 5.22. The summed E-state index contributed by atoms with van der Waals surface area (Å²) >= 11 is 0. The fraction of sp³-hybridized carbons (Fsp3) is 0.444. The maximum Gasteiger partial charge on any atom is 0.336 e. The fourth-order valence-electron chi connectivity index (χ4n) is 3.19. The lowest BCUT2D eigenvalue weighted by Gasteiger charge is -2.36. The van der Waals surface area contributed by atoms with Crippen molar-refractivity contribution in [2.75, 3.05) is 27.3 Å². The van der Waals surface area contributed by atoms with Crippen molar-refractivity contribution in [1.82, 2.24) is 4.90 Å². The van der Waals surface area contributed by atoms with Gasteiger partial charge in [-0.25, -0.2) is 4.79 Å². The van der Waals surface area contributed by atoms with Crippen molar-refractivity contribution >= 4 is 17.6 Å². The summed E-state index contributed by atoms with van der Waals surface area (Å²) in [5.41, 5.74) is 2.08. The second-order valence-corrected chi connectivity index (χ2v) is 5.46. The summed E-state index contributed by atoms with van der Waals surface area (Å²) in [6, 6.07) is 7.22. The van der Waals surface area contributed by atoms with E-state index in [4.69, 9.17) is 9.47 Å². The summed E-state index contributed by atoms with van der Waals surface area (Å²) < 4.78 is 9.74. The fourth-order valence-corrected chi connectivity index (χ4v) is 3.19. The number of rotatable bonds is 5. The summed E-state index contributed by atoms with van der Waals surface area (Å²) in [7, 11) is 2.50. The number of carbonyl (C=O) groups is 2. The van der Waals surface area contributed by atoms with Gasteiger partial charge in [-0.1, -0.05) is 24.3 Å². The topological polar surface area (TPSA) is 76.1 Å². The third-order valence-electron chi connectivity index (χ3n) is 4.36. The number of esters is 2. The van der Waals surface area contributed by atoms with Crippen LogP contribution in [-0.4, -0.2) is 49.3 Å². The van der Waals surface area contributed by atoms with Crippen LogP contribution in [0.3, 0.4) is 0 Å². The van der Waals surface area contributed by atoms with E-state index >= 15 is 0 Å². The van der Waals surface area contributed by atoms with Gasteiger partial charge in [0.1, 0.15) is 5.92 Å². The molecule has 1 aliphatic carbocycles. The van der Waals surface area contributed by atoms with E-state index in [0.717, 1.165) is 5.56 Å². The average Bonchev–Trinajstić information content (AvgIpc) is 2.62. The van der Waals surface area contributed by atoms with E-state index in [0.29, 0.717) is 24.4 Å². The molecule has 1 N–H and O–H groups in total. The van der Waals surface area contributed by atoms with E-state index < -0.39 is 24.0 Å². The Morgan fingerprint density at radius 3 is 2.29 bits per heavy atom. The molecule has 0 amide bonds. The highest BCUT2D eigenvalue weighted by Crippen LogP contribution is 2.43. The number of hydrogen-bond acceptors (Lipinski definition) is 6. The van der Waals surface area contributed by atoms with Crippen LogP contribution in [0, 0.1) is 5.92 Å². The summed E-state index contributed by atoms with van der Waals surface area (Å²) in [4.78, 5) is 26.8. The first kappa shape index (κ1) is 18.0. The van der Waals surface area contributed by atoms with E-state index in [-0.39, 0.29) is 5.57 Å². The molecule has 130 valence electrons. The number of aliphatic hydroxyl groups is 1. The quantitative estimate of drug-likeness (QED) is 0.828. The van der Waals surface area contributed by atoms with Gasteiger partial charge in [0.2, 0.25) is 0 Å². The molecule has 1 aliphatic rings. The van der Waals surface area contributed by atoms with E-state index in [9.17, 15) is 14.7 Å². The second kappa shape index (κ2) is 7.49. The largest absolute Gasteiger partial charge is 0.468 e. The molecule has 0 fully saturated rings. The third kappa shape index (κ3) is 2.89. The van der Waals surface area contributed by atoms with Gasteiger partial charge >= 0.3 is 11.9 Å². The molecular formula is C18H23NO5. The number of fused-ring (bicyclic) bond motifs is 1. The van der Waals surface area contributed by atoms with E-state index in [1.54, 1.807) is 12.1 Å². The molecule has 0 unspecified atom stereocenters. The summed E-state index contributed by atoms with van der Waals surface area (Å²) in [6.07, 6.45) is -1.16. The van der Waals surface area contributed by atoms with Crippen LogP contribution in [0.4, 0.5) is 0 Å². The van der Waals surface area contributed by atoms with Gasteiger partial charge in [-0.05, 0) is 19.4 Å². The predicted molar refractivity (Wildman–Crippen MR) is 88.8 cm³/mol. The molecule has 0 saturated carbocycles. The van der Waals surface area contributed by atoms with Crippen LogP contribution < -0.4 is 0 Å². The van der Waals surface area contributed by atoms with Gasteiger partial charge in [0.15, 0.2) is 0 Å². The molecule has 6 heteroatoms. The lowest BCUT2D eigenvalue weighted by atomic mass is 9.78. The van der Waals surface area contributed by atoms with Crippen LogP contribution >= 0.6 is 0 Å². The minimum absolute atomic E-state index is 0.138. The van der Waals surface area contributed by atoms with E-state index in [2.05, 4.69) is 0 Å². The molecule has 0 heterocycles. The molecule has 0 bridgehead atoms. The minimum atomic E-state index is -1.16. The van der Waals surface area contributed by atoms with Gasteiger partial charge in [0, 0.05) is 18.7 Å². The molecule has 0 radical (unpaired) electrons. The highest BCUT2D eigenvalue weighted by atomic mass is 16.5. The molecule has 0 saturated heterocycles. The molecule has 1 aromatic carbocycles. The van der Waals surface area contributed by atoms with Crippen molar-refractivity contribution < 1.29 is 24.2 Å². The van der Waals surface area contributed by atoms with Crippen molar-refractivity contribution in [1.29, 1.82) is 0 Å². The zero-order valence-corrected chi connectivity index (χ0v) is 14.4. The number of methoxy groups -OCH3 is 2. The first-order valence-corrected chi connectivity index (χ1v) is 7.94. The Morgan fingerprint density at radius 1 is 1.12 bits per heavy atom. The Morgan fingerprint density at radius 2 is 1.75 bits per heavy atom. The number of carbonyl (C=O) groups excluding carboxylic acids is 2. The Labute approximate surface area is 141 Å². The van der Waals surface area contributed by atoms with Crippen molar-refractivity contribution in [3.63, 3.8) is 0 Å². The molecule has 1 aromatic rings. The molecule has 0 aromatic heterocycles. The Bertz CT molecular complexity index is 663. The van der Waals surface area contributed by atoms with Crippen LogP contribution in [0.1, 0.15) is 31.1 Å². The standard InChI is InChI=1S/C18H23NO5/c1-5-19(6-2)15-11-9-7-8-10-12(11)16(20)14(18(22)24-4)13(15)17(21)23-3/h7-10,14,16,20H,5-6H2,1-4H3/t14-,16+/m1/s1. The smallest absolute Gasteiger partial charge is 0.336 e. The van der Waals surface area contributed by atoms with Gasteiger partial charge in [0.25, 0.3) is 0 Å². The highest BCUT2D eigenvalue weighted by Gasteiger charge is 2.44. The van der Waals surface area contributed by atoms with Crippen LogP contribution in [0.15, 0.2) is 29.8 Å². The maximum absolute atomic E-state index is 12.5. The third-order valence-corrected chi connectivity index (χ3v) is 4.36. The van der Waals surface area contributed by atoms with Crippen molar-refractivity contribution in [2.24, 2.45) is 5.92 Å². The normalized spacial score (nSPS) is 19.5. The molecular weight excluding hydrogens is 310 g/mol. The lowest BCUT2D eigenvalue weighted by molar-refractivity contribution is -0.151. The summed E-state index contributed by atoms with van der Waals surface area (Å²) in [5, 5.41) is 10.7. The molecule has 0 spiro atoms. The van der Waals surface area contributed by atoms with Gasteiger partial charge in [-0.15, -0.1) is 0 Å². The van der Waals surface area contributed by atoms with Crippen molar-refractivity contribution in [3.8, 4) is 0 Å². The van der Waals surface area contributed by atoms with Gasteiger partial charge in [0.05, 0.1) is 31.6 Å². The number of aliphatic hydroxyl groups excluding tert-OH is 1. The van der Waals surface area contributed by atoms with E-state index in [1.165, 1.54) is 14.2 Å². The number of ether oxygens (including phenoxy) is 2. The zero-order chi connectivity index (χ0) is 17.9. The van der Waals surface area contributed by atoms with Crippen LogP contribution in [0.5, 0.6) is 0 Å². The lowest BCUT2D eigenvalue weighted by Crippen LogP contribution is -2.37. The Balaban J connectivity index is 2.82. The van der Waals surface area contributed by atoms with Crippen molar-refractivity contribution in [2.45, 2.75) is 20.0 Å². The van der Waals surface area contributed by atoms with Gasteiger partial charge < -0.3 is 19.5 Å². The number of nitrogens with zero attached hydrogens (tertiary/aromatic N) is 1. The minimum Gasteiger partial charge on any atom is -0.468 e. The molecule has 6 nitrogen and oxygen atoms in total. The summed E-state index contributed by atoms with van der Waals surface area (Å²) in [5.74, 6) is -2.42.